The van der Waals surface area contributed by atoms with Gasteiger partial charge in [-0.3, -0.25) is 10.6 Å². The molecule has 2 fully saturated rings. The van der Waals surface area contributed by atoms with Gasteiger partial charge in [0, 0.05) is 16.2 Å². The Morgan fingerprint density at radius 1 is 0.711 bits per heavy atom. The molecule has 2 aromatic carbocycles. The maximum absolute atomic E-state index is 10.8. The van der Waals surface area contributed by atoms with Gasteiger partial charge in [-0.15, -0.1) is 0 Å². The molecule has 248 valence electrons. The number of hydrogen-bond acceptors (Lipinski definition) is 12. The molecular weight excluding hydrogens is 663 g/mol. The number of hydrazine groups is 2. The van der Waals surface area contributed by atoms with Crippen LogP contribution in [-0.2, 0) is 15.5 Å². The average Bonchev–Trinajstić information content (AvgIpc) is 3.79. The van der Waals surface area contributed by atoms with Crippen LogP contribution in [0.25, 0.3) is 0 Å². The minimum Gasteiger partial charge on any atom is -0.361 e. The largest absolute Gasteiger partial charge is 0.361 e. The lowest BCUT2D eigenvalue weighted by atomic mass is 10.1. The average molecular weight is 704 g/mol. The third-order valence-corrected chi connectivity index (χ3v) is 8.35. The van der Waals surface area contributed by atoms with Crippen LogP contribution in [-0.4, -0.2) is 30.0 Å². The Balaban J connectivity index is 0.000000209. The molecule has 0 saturated carbocycles. The standard InChI is InChI=1S/2C8H10ClN3.C7H11NO.C5H6ClNO3S.CH4/c2*9-8-10-7(11-12-8)6-4-2-1-3-5-6;1-4-7-5(2)8-9-6(7)3;1-3-5(11(6,8)9)4(2)10-7-3;/h2*1-5,7-8,10-12H;4H2,1-3H3;1-2H3;1H4. The Bertz CT molecular complexity index is 1450. The first-order valence-corrected chi connectivity index (χ1v) is 16.8. The number of rotatable bonds is 4. The van der Waals surface area contributed by atoms with Crippen molar-refractivity contribution in [2.24, 2.45) is 0 Å². The maximum atomic E-state index is 10.8. The summed E-state index contributed by atoms with van der Waals surface area (Å²) in [4.78, 5) is -0.0285. The number of benzene rings is 2. The van der Waals surface area contributed by atoms with Crippen LogP contribution in [0, 0.1) is 27.7 Å². The minimum atomic E-state index is -3.70. The summed E-state index contributed by atoms with van der Waals surface area (Å²) in [5.74, 6) is 1.17. The van der Waals surface area contributed by atoms with Crippen molar-refractivity contribution in [2.75, 3.05) is 0 Å². The summed E-state index contributed by atoms with van der Waals surface area (Å²) in [5.41, 5.74) is 16.3. The summed E-state index contributed by atoms with van der Waals surface area (Å²) >= 11 is 11.5. The molecule has 2 aliphatic heterocycles. The van der Waals surface area contributed by atoms with Crippen molar-refractivity contribution in [3.63, 3.8) is 0 Å². The molecular formula is C29H41Cl3N8O4S. The molecule has 12 nitrogen and oxygen atoms in total. The van der Waals surface area contributed by atoms with Crippen molar-refractivity contribution in [1.82, 2.24) is 42.7 Å². The smallest absolute Gasteiger partial charge is 0.266 e. The second-order valence-electron chi connectivity index (χ2n) is 9.57. The topological polar surface area (TPSA) is 158 Å². The van der Waals surface area contributed by atoms with E-state index in [-0.39, 0.29) is 47.4 Å². The van der Waals surface area contributed by atoms with Gasteiger partial charge in [0.05, 0.1) is 18.0 Å². The van der Waals surface area contributed by atoms with Gasteiger partial charge in [0.25, 0.3) is 9.05 Å². The Morgan fingerprint density at radius 2 is 1.13 bits per heavy atom. The Morgan fingerprint density at radius 3 is 1.38 bits per heavy atom. The molecule has 0 spiro atoms. The molecule has 16 heteroatoms. The quantitative estimate of drug-likeness (QED) is 0.0900. The fourth-order valence-corrected chi connectivity index (χ4v) is 6.06. The van der Waals surface area contributed by atoms with Crippen molar-refractivity contribution in [2.45, 2.75) is 76.9 Å². The van der Waals surface area contributed by atoms with Crippen molar-refractivity contribution in [3.8, 4) is 0 Å². The molecule has 6 rings (SSSR count). The molecule has 45 heavy (non-hydrogen) atoms. The Labute approximate surface area is 279 Å². The van der Waals surface area contributed by atoms with Crippen LogP contribution in [0.3, 0.4) is 0 Å². The summed E-state index contributed by atoms with van der Waals surface area (Å²) in [6, 6.07) is 20.2. The zero-order chi connectivity index (χ0) is 32.3. The molecule has 4 atom stereocenters. The summed E-state index contributed by atoms with van der Waals surface area (Å²) in [7, 11) is 1.38. The molecule has 4 aromatic rings. The van der Waals surface area contributed by atoms with Crippen LogP contribution >= 0.6 is 33.9 Å². The normalized spacial score (nSPS) is 20.4. The van der Waals surface area contributed by atoms with Gasteiger partial charge in [-0.2, -0.15) is 0 Å². The number of nitrogens with zero attached hydrogens (tertiary/aromatic N) is 2. The third kappa shape index (κ3) is 12.0. The van der Waals surface area contributed by atoms with Gasteiger partial charge in [0.15, 0.2) is 5.76 Å². The second kappa shape index (κ2) is 18.6. The second-order valence-corrected chi connectivity index (χ2v) is 12.9. The van der Waals surface area contributed by atoms with E-state index in [0.717, 1.165) is 17.9 Å². The number of halogens is 3. The van der Waals surface area contributed by atoms with E-state index >= 15 is 0 Å². The first kappa shape index (κ1) is 38.6. The predicted octanol–water partition coefficient (Wildman–Crippen LogP) is 5.52. The molecule has 6 N–H and O–H groups in total. The molecule has 2 aromatic heterocycles. The highest BCUT2D eigenvalue weighted by Gasteiger charge is 2.22. The first-order chi connectivity index (χ1) is 20.9. The van der Waals surface area contributed by atoms with Gasteiger partial charge < -0.3 is 9.05 Å². The van der Waals surface area contributed by atoms with E-state index in [4.69, 9.17) is 38.4 Å². The molecule has 4 unspecified atom stereocenters. The molecule has 4 heterocycles. The Hall–Kier alpha value is -2.56. The number of nitrogens with one attached hydrogen (secondary N) is 6. The summed E-state index contributed by atoms with van der Waals surface area (Å²) in [5, 5.41) is 13.5. The van der Waals surface area contributed by atoms with Gasteiger partial charge in [0.1, 0.15) is 27.6 Å². The van der Waals surface area contributed by atoms with Gasteiger partial charge in [-0.25, -0.2) is 30.1 Å². The number of aryl methyl sites for hydroxylation is 4. The highest BCUT2D eigenvalue weighted by molar-refractivity contribution is 8.13. The van der Waals surface area contributed by atoms with Gasteiger partial charge in [-0.05, 0) is 45.2 Å². The fourth-order valence-electron chi connectivity index (χ4n) is 4.25. The van der Waals surface area contributed by atoms with Gasteiger partial charge >= 0.3 is 0 Å². The molecule has 0 aliphatic carbocycles. The van der Waals surface area contributed by atoms with E-state index in [1.165, 1.54) is 30.5 Å². The lowest BCUT2D eigenvalue weighted by Gasteiger charge is -2.09. The zero-order valence-electron chi connectivity index (χ0n) is 24.9. The van der Waals surface area contributed by atoms with Crippen molar-refractivity contribution in [3.05, 3.63) is 100 Å². The lowest BCUT2D eigenvalue weighted by molar-refractivity contribution is 0.391. The van der Waals surface area contributed by atoms with Crippen LogP contribution in [0.15, 0.2) is 74.6 Å². The van der Waals surface area contributed by atoms with Crippen LogP contribution in [0.5, 0.6) is 0 Å². The molecule has 0 radical (unpaired) electrons. The number of aromatic nitrogens is 2. The van der Waals surface area contributed by atoms with E-state index < -0.39 is 9.05 Å². The van der Waals surface area contributed by atoms with Crippen LogP contribution < -0.4 is 32.3 Å². The van der Waals surface area contributed by atoms with E-state index in [1.54, 1.807) is 0 Å². The van der Waals surface area contributed by atoms with Crippen molar-refractivity contribution >= 4 is 42.9 Å². The van der Waals surface area contributed by atoms with Crippen LogP contribution in [0.1, 0.15) is 66.3 Å². The molecule has 2 aliphatic rings. The first-order valence-electron chi connectivity index (χ1n) is 13.6. The monoisotopic (exact) mass is 702 g/mol. The van der Waals surface area contributed by atoms with Crippen LogP contribution in [0.2, 0.25) is 0 Å². The molecule has 2 saturated heterocycles. The van der Waals surface area contributed by atoms with Gasteiger partial charge in [0.2, 0.25) is 0 Å². The highest BCUT2D eigenvalue weighted by Crippen LogP contribution is 2.22. The minimum absolute atomic E-state index is 0. The van der Waals surface area contributed by atoms with Crippen molar-refractivity contribution in [1.29, 1.82) is 0 Å². The van der Waals surface area contributed by atoms with E-state index in [9.17, 15) is 8.42 Å². The van der Waals surface area contributed by atoms with Gasteiger partial charge in [-0.1, -0.05) is 109 Å². The summed E-state index contributed by atoms with van der Waals surface area (Å²) < 4.78 is 31.1. The zero-order valence-corrected chi connectivity index (χ0v) is 27.9. The fraction of sp³-hybridized carbons (Fsp3) is 0.379. The lowest BCUT2D eigenvalue weighted by Crippen LogP contribution is -2.28. The number of hydrogen-bond donors (Lipinski definition) is 6. The van der Waals surface area contributed by atoms with Crippen molar-refractivity contribution < 1.29 is 17.5 Å². The highest BCUT2D eigenvalue weighted by atomic mass is 35.7. The molecule has 0 amide bonds. The summed E-state index contributed by atoms with van der Waals surface area (Å²) in [6.07, 6.45) is 1.23. The third-order valence-electron chi connectivity index (χ3n) is 6.35. The maximum Gasteiger partial charge on any atom is 0.266 e. The van der Waals surface area contributed by atoms with E-state index in [0.29, 0.717) is 0 Å². The number of alkyl halides is 2. The summed E-state index contributed by atoms with van der Waals surface area (Å²) in [6.45, 7) is 9.03. The van der Waals surface area contributed by atoms with Crippen LogP contribution in [0.4, 0.5) is 0 Å². The molecule has 0 bridgehead atoms. The van der Waals surface area contributed by atoms with E-state index in [2.05, 4.69) is 54.1 Å². The predicted molar refractivity (Wildman–Crippen MR) is 178 cm³/mol. The Kier molecular flexibility index (Phi) is 15.9. The SMILES string of the molecule is C.CCc1c(C)noc1C.Cc1noc(C)c1S(=O)(=O)Cl.ClC1NNC(c2ccccc2)N1.ClC1NNC(c2ccccc2)N1. The van der Waals surface area contributed by atoms with E-state index in [1.807, 2.05) is 74.5 Å².